The van der Waals surface area contributed by atoms with E-state index in [1.807, 2.05) is 13.1 Å². The standard InChI is InChI=1S/C11H10FN5S/c1-7-13-4-9(18-7)5-14-11-15-10-3-2-8(12)6-17(10)16-11/h2-4,6H,5H2,1H3,(H,14,16). The van der Waals surface area contributed by atoms with Gasteiger partial charge in [0.25, 0.3) is 0 Å². The number of hydrogen-bond donors (Lipinski definition) is 1. The highest BCUT2D eigenvalue weighted by Crippen LogP contribution is 2.13. The van der Waals surface area contributed by atoms with E-state index in [1.165, 1.54) is 16.8 Å². The Kier molecular flexibility index (Phi) is 2.67. The number of aryl methyl sites for hydroxylation is 1. The molecular weight excluding hydrogens is 253 g/mol. The van der Waals surface area contributed by atoms with Gasteiger partial charge in [0.15, 0.2) is 5.65 Å². The number of aromatic nitrogens is 4. The summed E-state index contributed by atoms with van der Waals surface area (Å²) >= 11 is 1.62. The van der Waals surface area contributed by atoms with Crippen LogP contribution < -0.4 is 5.32 Å². The zero-order valence-electron chi connectivity index (χ0n) is 9.59. The smallest absolute Gasteiger partial charge is 0.243 e. The molecule has 3 heterocycles. The fourth-order valence-electron chi connectivity index (χ4n) is 1.59. The third-order valence-corrected chi connectivity index (χ3v) is 3.30. The molecule has 0 saturated carbocycles. The lowest BCUT2D eigenvalue weighted by atomic mass is 10.5. The first-order valence-electron chi connectivity index (χ1n) is 5.38. The minimum atomic E-state index is -0.336. The molecule has 0 aliphatic rings. The zero-order valence-corrected chi connectivity index (χ0v) is 10.4. The molecule has 0 amide bonds. The molecule has 0 saturated heterocycles. The van der Waals surface area contributed by atoms with Gasteiger partial charge in [0.05, 0.1) is 17.7 Å². The first-order valence-corrected chi connectivity index (χ1v) is 6.19. The van der Waals surface area contributed by atoms with Gasteiger partial charge in [-0.25, -0.2) is 13.9 Å². The molecule has 0 bridgehead atoms. The van der Waals surface area contributed by atoms with Crippen molar-refractivity contribution in [2.75, 3.05) is 5.32 Å². The van der Waals surface area contributed by atoms with E-state index >= 15 is 0 Å². The van der Waals surface area contributed by atoms with Gasteiger partial charge in [-0.2, -0.15) is 4.98 Å². The maximum absolute atomic E-state index is 13.0. The monoisotopic (exact) mass is 263 g/mol. The average Bonchev–Trinajstić information content (AvgIpc) is 2.92. The van der Waals surface area contributed by atoms with Crippen molar-refractivity contribution in [2.24, 2.45) is 0 Å². The van der Waals surface area contributed by atoms with Crippen LogP contribution >= 0.6 is 11.3 Å². The third-order valence-electron chi connectivity index (χ3n) is 2.38. The van der Waals surface area contributed by atoms with Crippen LogP contribution in [0.2, 0.25) is 0 Å². The number of nitrogens with one attached hydrogen (secondary N) is 1. The highest BCUT2D eigenvalue weighted by Gasteiger charge is 2.04. The van der Waals surface area contributed by atoms with Crippen LogP contribution in [0.4, 0.5) is 10.3 Å². The van der Waals surface area contributed by atoms with Gasteiger partial charge in [0.2, 0.25) is 5.95 Å². The number of halogens is 1. The van der Waals surface area contributed by atoms with E-state index in [0.717, 1.165) is 9.88 Å². The molecule has 0 radical (unpaired) electrons. The summed E-state index contributed by atoms with van der Waals surface area (Å²) in [6.07, 6.45) is 3.12. The van der Waals surface area contributed by atoms with Crippen LogP contribution in [0.15, 0.2) is 24.5 Å². The molecule has 5 nitrogen and oxygen atoms in total. The quantitative estimate of drug-likeness (QED) is 0.787. The van der Waals surface area contributed by atoms with Gasteiger partial charge in [0, 0.05) is 11.1 Å². The van der Waals surface area contributed by atoms with E-state index in [2.05, 4.69) is 20.4 Å². The van der Waals surface area contributed by atoms with Crippen molar-refractivity contribution in [1.82, 2.24) is 19.6 Å². The summed E-state index contributed by atoms with van der Waals surface area (Å²) in [6.45, 7) is 2.57. The van der Waals surface area contributed by atoms with E-state index in [9.17, 15) is 4.39 Å². The summed E-state index contributed by atoms with van der Waals surface area (Å²) in [4.78, 5) is 9.51. The maximum atomic E-state index is 13.0. The van der Waals surface area contributed by atoms with E-state index in [-0.39, 0.29) is 5.82 Å². The van der Waals surface area contributed by atoms with Crippen molar-refractivity contribution in [1.29, 1.82) is 0 Å². The predicted octanol–water partition coefficient (Wildman–Crippen LogP) is 2.25. The number of hydrogen-bond acceptors (Lipinski definition) is 5. The van der Waals surface area contributed by atoms with Gasteiger partial charge < -0.3 is 5.32 Å². The Bertz CT molecular complexity index is 690. The SMILES string of the molecule is Cc1ncc(CNc2nc3ccc(F)cn3n2)s1. The molecule has 3 rings (SSSR count). The highest BCUT2D eigenvalue weighted by molar-refractivity contribution is 7.11. The maximum Gasteiger partial charge on any atom is 0.243 e. The second-order valence-electron chi connectivity index (χ2n) is 3.78. The number of rotatable bonds is 3. The van der Waals surface area contributed by atoms with Crippen LogP contribution in [0.5, 0.6) is 0 Å². The number of pyridine rings is 1. The van der Waals surface area contributed by atoms with Gasteiger partial charge in [-0.1, -0.05) is 0 Å². The van der Waals surface area contributed by atoms with Gasteiger partial charge in [0.1, 0.15) is 5.82 Å². The lowest BCUT2D eigenvalue weighted by molar-refractivity contribution is 0.615. The summed E-state index contributed by atoms with van der Waals surface area (Å²) in [5.74, 6) is 0.142. The molecule has 3 aromatic heterocycles. The summed E-state index contributed by atoms with van der Waals surface area (Å²) in [5.41, 5.74) is 0.611. The van der Waals surface area contributed by atoms with Crippen molar-refractivity contribution in [3.8, 4) is 0 Å². The Morgan fingerprint density at radius 3 is 3.11 bits per heavy atom. The molecule has 0 fully saturated rings. The summed E-state index contributed by atoms with van der Waals surface area (Å²) in [5, 5.41) is 8.25. The average molecular weight is 263 g/mol. The van der Waals surface area contributed by atoms with Gasteiger partial charge in [-0.05, 0) is 19.1 Å². The van der Waals surface area contributed by atoms with E-state index < -0.39 is 0 Å². The molecule has 0 atom stereocenters. The Morgan fingerprint density at radius 1 is 1.44 bits per heavy atom. The zero-order chi connectivity index (χ0) is 12.5. The van der Waals surface area contributed by atoms with Crippen LogP contribution in [0.25, 0.3) is 5.65 Å². The van der Waals surface area contributed by atoms with Crippen molar-refractivity contribution in [3.63, 3.8) is 0 Å². The van der Waals surface area contributed by atoms with E-state index in [1.54, 1.807) is 17.4 Å². The van der Waals surface area contributed by atoms with Crippen LogP contribution in [0.1, 0.15) is 9.88 Å². The van der Waals surface area contributed by atoms with Crippen molar-refractivity contribution in [2.45, 2.75) is 13.5 Å². The van der Waals surface area contributed by atoms with Crippen LogP contribution in [-0.4, -0.2) is 19.6 Å². The van der Waals surface area contributed by atoms with E-state index in [4.69, 9.17) is 0 Å². The Labute approximate surface area is 106 Å². The van der Waals surface area contributed by atoms with Crippen molar-refractivity contribution >= 4 is 22.9 Å². The lowest BCUT2D eigenvalue weighted by Gasteiger charge is -1.96. The van der Waals surface area contributed by atoms with Crippen LogP contribution in [0.3, 0.4) is 0 Å². The predicted molar refractivity (Wildman–Crippen MR) is 67.1 cm³/mol. The summed E-state index contributed by atoms with van der Waals surface area (Å²) in [6, 6.07) is 2.95. The molecule has 0 spiro atoms. The van der Waals surface area contributed by atoms with Crippen LogP contribution in [0, 0.1) is 12.7 Å². The van der Waals surface area contributed by atoms with E-state index in [0.29, 0.717) is 18.1 Å². The molecule has 18 heavy (non-hydrogen) atoms. The molecule has 7 heteroatoms. The van der Waals surface area contributed by atoms with Crippen molar-refractivity contribution in [3.05, 3.63) is 40.2 Å². The Balaban J connectivity index is 1.78. The molecule has 0 aliphatic carbocycles. The summed E-state index contributed by atoms with van der Waals surface area (Å²) < 4.78 is 14.4. The minimum absolute atomic E-state index is 0.336. The Hall–Kier alpha value is -2.02. The largest absolute Gasteiger partial charge is 0.348 e. The normalized spacial score (nSPS) is 11.0. The third kappa shape index (κ3) is 2.17. The fourth-order valence-corrected chi connectivity index (χ4v) is 2.32. The molecule has 92 valence electrons. The molecule has 0 aliphatic heterocycles. The lowest BCUT2D eigenvalue weighted by Crippen LogP contribution is -1.99. The first-order chi connectivity index (χ1) is 8.70. The number of fused-ring (bicyclic) bond motifs is 1. The summed E-state index contributed by atoms with van der Waals surface area (Å²) in [7, 11) is 0. The second kappa shape index (κ2) is 4.34. The minimum Gasteiger partial charge on any atom is -0.348 e. The number of nitrogens with zero attached hydrogens (tertiary/aromatic N) is 4. The topological polar surface area (TPSA) is 55.1 Å². The first kappa shape index (κ1) is 11.1. The second-order valence-corrected chi connectivity index (χ2v) is 5.10. The highest BCUT2D eigenvalue weighted by atomic mass is 32.1. The molecule has 0 aromatic carbocycles. The number of thiazole rings is 1. The van der Waals surface area contributed by atoms with Gasteiger partial charge >= 0.3 is 0 Å². The van der Waals surface area contributed by atoms with Gasteiger partial charge in [-0.15, -0.1) is 16.4 Å². The number of anilines is 1. The molecule has 1 N–H and O–H groups in total. The Morgan fingerprint density at radius 2 is 2.33 bits per heavy atom. The molecular formula is C11H10FN5S. The van der Waals surface area contributed by atoms with Crippen LogP contribution in [-0.2, 0) is 6.54 Å². The fraction of sp³-hybridized carbons (Fsp3) is 0.182. The molecule has 0 unspecified atom stereocenters. The van der Waals surface area contributed by atoms with Crippen molar-refractivity contribution < 1.29 is 4.39 Å². The molecule has 3 aromatic rings. The van der Waals surface area contributed by atoms with Gasteiger partial charge in [-0.3, -0.25) is 0 Å².